The van der Waals surface area contributed by atoms with Gasteiger partial charge in [-0.05, 0) is 88.6 Å². The average Bonchev–Trinajstić information content (AvgIpc) is 2.95. The molecule has 2 aliphatic heterocycles. The number of nitrogens with one attached hydrogen (secondary N) is 2. The first-order valence-corrected chi connectivity index (χ1v) is 16.3. The van der Waals surface area contributed by atoms with Crippen LogP contribution in [0.3, 0.4) is 0 Å². The normalized spacial score (nSPS) is 25.9. The average molecular weight is 607 g/mol. The van der Waals surface area contributed by atoms with Crippen LogP contribution in [-0.4, -0.2) is 67.6 Å². The van der Waals surface area contributed by atoms with E-state index in [4.69, 9.17) is 0 Å². The van der Waals surface area contributed by atoms with E-state index < -0.39 is 22.2 Å². The predicted octanol–water partition coefficient (Wildman–Crippen LogP) is 5.50. The molecule has 0 bridgehead atoms. The number of rotatable bonds is 5. The largest absolute Gasteiger partial charge is 0.408 e. The highest BCUT2D eigenvalue weighted by Gasteiger charge is 2.42. The Hall–Kier alpha value is -2.63. The van der Waals surface area contributed by atoms with Gasteiger partial charge in [0.15, 0.2) is 0 Å². The number of aryl methyl sites for hydroxylation is 1. The highest BCUT2D eigenvalue weighted by atomic mass is 32.2. The van der Waals surface area contributed by atoms with Crippen LogP contribution in [0.4, 0.5) is 18.9 Å². The standard InChI is InChI=1S/C31H41F3N4O3S/c1-30(2,3)37-17-18-38(27(20-37)21-7-5-4-6-8-21)29(39)22-9-12-24(13-10-22)36-42(40,41)25-14-15-26-23(19-25)11-16-28(35-26)31(32,33)34/h4-8,14-15,19,22,24,27-28,35-36H,9-13,16-18,20H2,1-3H3. The van der Waals surface area contributed by atoms with Crippen molar-refractivity contribution in [2.75, 3.05) is 25.0 Å². The summed E-state index contributed by atoms with van der Waals surface area (Å²) in [6, 6.07) is 12.4. The summed E-state index contributed by atoms with van der Waals surface area (Å²) in [5, 5.41) is 2.48. The molecule has 2 aromatic carbocycles. The molecule has 42 heavy (non-hydrogen) atoms. The number of carbonyl (C=O) groups excluding carboxylic acids is 1. The van der Waals surface area contributed by atoms with E-state index in [2.05, 4.69) is 47.8 Å². The Bertz CT molecular complexity index is 1370. The van der Waals surface area contributed by atoms with Crippen LogP contribution in [0.2, 0.25) is 0 Å². The van der Waals surface area contributed by atoms with Crippen LogP contribution in [0.5, 0.6) is 0 Å². The topological polar surface area (TPSA) is 81.8 Å². The third-order valence-electron chi connectivity index (χ3n) is 9.01. The van der Waals surface area contributed by atoms with E-state index in [0.717, 1.165) is 18.7 Å². The van der Waals surface area contributed by atoms with Crippen molar-refractivity contribution >= 4 is 21.6 Å². The van der Waals surface area contributed by atoms with E-state index in [-0.39, 0.29) is 47.2 Å². The van der Waals surface area contributed by atoms with Crippen LogP contribution >= 0.6 is 0 Å². The Balaban J connectivity index is 1.21. The van der Waals surface area contributed by atoms with Gasteiger partial charge in [-0.15, -0.1) is 0 Å². The first-order chi connectivity index (χ1) is 19.7. The second kappa shape index (κ2) is 11.8. The van der Waals surface area contributed by atoms with Crippen LogP contribution < -0.4 is 10.0 Å². The lowest BCUT2D eigenvalue weighted by Crippen LogP contribution is -2.57. The number of benzene rings is 2. The van der Waals surface area contributed by atoms with E-state index >= 15 is 0 Å². The van der Waals surface area contributed by atoms with Crippen LogP contribution in [0.25, 0.3) is 0 Å². The summed E-state index contributed by atoms with van der Waals surface area (Å²) in [5.74, 6) is -0.0207. The van der Waals surface area contributed by atoms with Crippen molar-refractivity contribution < 1.29 is 26.4 Å². The maximum absolute atomic E-state index is 13.8. The fraction of sp³-hybridized carbons (Fsp3) is 0.581. The summed E-state index contributed by atoms with van der Waals surface area (Å²) < 4.78 is 68.5. The number of carbonyl (C=O) groups is 1. The first kappa shape index (κ1) is 30.8. The van der Waals surface area contributed by atoms with Gasteiger partial charge in [-0.1, -0.05) is 30.3 Å². The van der Waals surface area contributed by atoms with Crippen molar-refractivity contribution in [3.63, 3.8) is 0 Å². The molecule has 2 fully saturated rings. The number of nitrogens with zero attached hydrogens (tertiary/aromatic N) is 2. The third kappa shape index (κ3) is 6.78. The minimum Gasteiger partial charge on any atom is -0.374 e. The fourth-order valence-corrected chi connectivity index (χ4v) is 7.84. The molecule has 2 N–H and O–H groups in total. The van der Waals surface area contributed by atoms with Crippen molar-refractivity contribution in [2.45, 2.75) is 94.0 Å². The molecule has 11 heteroatoms. The molecule has 0 radical (unpaired) electrons. The van der Waals surface area contributed by atoms with Gasteiger partial charge in [-0.3, -0.25) is 9.69 Å². The minimum atomic E-state index is -4.35. The number of anilines is 1. The van der Waals surface area contributed by atoms with E-state index in [0.29, 0.717) is 43.5 Å². The Labute approximate surface area is 246 Å². The Morgan fingerprint density at radius 1 is 0.952 bits per heavy atom. The molecule has 2 aromatic rings. The number of hydrogen-bond donors (Lipinski definition) is 2. The molecular weight excluding hydrogens is 565 g/mol. The zero-order valence-electron chi connectivity index (χ0n) is 24.5. The number of halogens is 3. The van der Waals surface area contributed by atoms with Crippen LogP contribution in [0.1, 0.15) is 70.0 Å². The molecule has 1 amide bonds. The Morgan fingerprint density at radius 2 is 1.64 bits per heavy atom. The highest BCUT2D eigenvalue weighted by Crippen LogP contribution is 2.36. The van der Waals surface area contributed by atoms with Gasteiger partial charge < -0.3 is 10.2 Å². The van der Waals surface area contributed by atoms with Crippen LogP contribution in [0.15, 0.2) is 53.4 Å². The van der Waals surface area contributed by atoms with Crippen LogP contribution in [0, 0.1) is 5.92 Å². The van der Waals surface area contributed by atoms with Crippen molar-refractivity contribution in [1.82, 2.24) is 14.5 Å². The van der Waals surface area contributed by atoms with Gasteiger partial charge in [0.2, 0.25) is 15.9 Å². The molecule has 2 unspecified atom stereocenters. The smallest absolute Gasteiger partial charge is 0.374 e. The Morgan fingerprint density at radius 3 is 2.29 bits per heavy atom. The van der Waals surface area contributed by atoms with Gasteiger partial charge in [0, 0.05) is 42.8 Å². The molecule has 1 aliphatic carbocycles. The molecule has 1 saturated heterocycles. The number of alkyl halides is 3. The number of amides is 1. The first-order valence-electron chi connectivity index (χ1n) is 14.8. The minimum absolute atomic E-state index is 0.00254. The molecular formula is C31H41F3N4O3S. The summed E-state index contributed by atoms with van der Waals surface area (Å²) in [7, 11) is -3.86. The number of piperazine rings is 1. The van der Waals surface area contributed by atoms with E-state index in [1.165, 1.54) is 18.2 Å². The zero-order valence-corrected chi connectivity index (χ0v) is 25.3. The molecule has 230 valence electrons. The summed E-state index contributed by atoms with van der Waals surface area (Å²) in [6.07, 6.45) is -2.05. The molecule has 0 aromatic heterocycles. The molecule has 1 saturated carbocycles. The number of hydrogen-bond acceptors (Lipinski definition) is 5. The third-order valence-corrected chi connectivity index (χ3v) is 10.5. The lowest BCUT2D eigenvalue weighted by Gasteiger charge is -2.48. The molecule has 2 atom stereocenters. The van der Waals surface area contributed by atoms with Crippen molar-refractivity contribution in [2.24, 2.45) is 5.92 Å². The van der Waals surface area contributed by atoms with E-state index in [9.17, 15) is 26.4 Å². The number of fused-ring (bicyclic) bond motifs is 1. The Kier molecular flexibility index (Phi) is 8.66. The molecule has 7 nitrogen and oxygen atoms in total. The summed E-state index contributed by atoms with van der Waals surface area (Å²) >= 11 is 0. The SMILES string of the molecule is CC(C)(C)N1CCN(C(=O)C2CCC(NS(=O)(=O)c3ccc4c(c3)CCC(C(F)(F)F)N4)CC2)C(c2ccccc2)C1. The molecule has 5 rings (SSSR count). The highest BCUT2D eigenvalue weighted by molar-refractivity contribution is 7.89. The fourth-order valence-electron chi connectivity index (χ4n) is 6.49. The van der Waals surface area contributed by atoms with E-state index in [1.54, 1.807) is 0 Å². The number of sulfonamides is 1. The van der Waals surface area contributed by atoms with Crippen molar-refractivity contribution in [3.05, 3.63) is 59.7 Å². The summed E-state index contributed by atoms with van der Waals surface area (Å²) in [4.78, 5) is 18.3. The molecule has 2 heterocycles. The maximum Gasteiger partial charge on any atom is 0.408 e. The van der Waals surface area contributed by atoms with Gasteiger partial charge in [0.1, 0.15) is 6.04 Å². The maximum atomic E-state index is 13.8. The summed E-state index contributed by atoms with van der Waals surface area (Å²) in [5.41, 5.74) is 2.00. The van der Waals surface area contributed by atoms with Gasteiger partial charge >= 0.3 is 6.18 Å². The molecule has 0 spiro atoms. The zero-order chi connectivity index (χ0) is 30.3. The lowest BCUT2D eigenvalue weighted by molar-refractivity contribution is -0.144. The van der Waals surface area contributed by atoms with Gasteiger partial charge in [0.25, 0.3) is 0 Å². The lowest BCUT2D eigenvalue weighted by atomic mass is 9.84. The second-order valence-corrected chi connectivity index (χ2v) is 14.6. The van der Waals surface area contributed by atoms with Crippen molar-refractivity contribution in [1.29, 1.82) is 0 Å². The quantitative estimate of drug-likeness (QED) is 0.470. The van der Waals surface area contributed by atoms with E-state index in [1.807, 2.05) is 23.1 Å². The van der Waals surface area contributed by atoms with Crippen LogP contribution in [-0.2, 0) is 21.2 Å². The predicted molar refractivity (Wildman–Crippen MR) is 157 cm³/mol. The van der Waals surface area contributed by atoms with Gasteiger partial charge in [0.05, 0.1) is 10.9 Å². The second-order valence-electron chi connectivity index (χ2n) is 12.8. The summed E-state index contributed by atoms with van der Waals surface area (Å²) in [6.45, 7) is 8.80. The van der Waals surface area contributed by atoms with Crippen molar-refractivity contribution in [3.8, 4) is 0 Å². The molecule has 3 aliphatic rings. The monoisotopic (exact) mass is 606 g/mol. The van der Waals surface area contributed by atoms with Gasteiger partial charge in [-0.2, -0.15) is 13.2 Å². The van der Waals surface area contributed by atoms with Gasteiger partial charge in [-0.25, -0.2) is 13.1 Å².